The second-order valence-electron chi connectivity index (χ2n) is 7.30. The number of hydrogen-bond donors (Lipinski definition) is 0. The predicted octanol–water partition coefficient (Wildman–Crippen LogP) is 8.75. The molecule has 0 heterocycles. The molecule has 0 fully saturated rings. The van der Waals surface area contributed by atoms with Gasteiger partial charge in [0.05, 0.1) is 5.92 Å². The zero-order valence-corrected chi connectivity index (χ0v) is 21.4. The number of allylic oxidation sites excluding steroid dienone is 3. The Morgan fingerprint density at radius 2 is 1.59 bits per heavy atom. The maximum atomic E-state index is 12.8. The van der Waals surface area contributed by atoms with Crippen LogP contribution < -0.4 is 0 Å². The number of carbonyl (C=O) groups excluding carboxylic acids is 1. The van der Waals surface area contributed by atoms with Gasteiger partial charge in [-0.25, -0.2) is 0 Å². The molecule has 2 unspecified atom stereocenters. The van der Waals surface area contributed by atoms with Gasteiger partial charge < -0.3 is 4.74 Å². The van der Waals surface area contributed by atoms with Crippen LogP contribution in [0.3, 0.4) is 0 Å². The molecule has 0 radical (unpaired) electrons. The molecular formula is C26H45BrO2. The maximum Gasteiger partial charge on any atom is 0.309 e. The zero-order valence-electron chi connectivity index (χ0n) is 19.9. The lowest BCUT2D eigenvalue weighted by atomic mass is 9.95. The normalized spacial score (nSPS) is 13.7. The van der Waals surface area contributed by atoms with Crippen LogP contribution in [0, 0.1) is 18.3 Å². The minimum atomic E-state index is -0.145. The van der Waals surface area contributed by atoms with Crippen molar-refractivity contribution in [3.8, 4) is 12.3 Å². The van der Waals surface area contributed by atoms with Crippen LogP contribution >= 0.6 is 15.9 Å². The monoisotopic (exact) mass is 468 g/mol. The molecule has 29 heavy (non-hydrogen) atoms. The van der Waals surface area contributed by atoms with Crippen molar-refractivity contribution in [2.75, 3.05) is 0 Å². The van der Waals surface area contributed by atoms with Crippen molar-refractivity contribution in [2.24, 2.45) is 5.92 Å². The Balaban J connectivity index is 0. The minimum Gasteiger partial charge on any atom is -0.462 e. The summed E-state index contributed by atoms with van der Waals surface area (Å²) in [5.74, 6) is 2.72. The standard InChI is InChI=1S/C24H39BrO2.C2H6/c1-6-10-12-13-14-16-22(15-11-7-2)24(26)27-23(9-4)19-21(8-3)18-17-20(5)25;1-2/h3,17-18,22-23H,6-7,9-16,19H2,1-2,4-5H3;1-2H3/b20-17+,21-18+;. The number of rotatable bonds is 15. The molecule has 0 rings (SSSR count). The lowest BCUT2D eigenvalue weighted by Gasteiger charge is -2.21. The number of hydrogen-bond acceptors (Lipinski definition) is 2. The molecule has 0 bridgehead atoms. The molecule has 0 amide bonds. The zero-order chi connectivity index (χ0) is 22.5. The number of terminal acetylenes is 1. The highest BCUT2D eigenvalue weighted by Gasteiger charge is 2.22. The van der Waals surface area contributed by atoms with Crippen molar-refractivity contribution in [1.82, 2.24) is 0 Å². The van der Waals surface area contributed by atoms with Crippen LogP contribution in [0.5, 0.6) is 0 Å². The summed E-state index contributed by atoms with van der Waals surface area (Å²) < 4.78 is 6.89. The Morgan fingerprint density at radius 1 is 1.00 bits per heavy atom. The average Bonchev–Trinajstić information content (AvgIpc) is 2.73. The molecule has 0 aliphatic carbocycles. The smallest absolute Gasteiger partial charge is 0.309 e. The Labute approximate surface area is 190 Å². The van der Waals surface area contributed by atoms with Crippen molar-refractivity contribution in [1.29, 1.82) is 0 Å². The summed E-state index contributed by atoms with van der Waals surface area (Å²) in [6, 6.07) is 0. The molecule has 0 aromatic heterocycles. The first-order valence-electron chi connectivity index (χ1n) is 11.7. The van der Waals surface area contributed by atoms with Gasteiger partial charge in [-0.15, -0.1) is 6.42 Å². The average molecular weight is 470 g/mol. The highest BCUT2D eigenvalue weighted by Crippen LogP contribution is 2.22. The summed E-state index contributed by atoms with van der Waals surface area (Å²) in [5, 5.41) is 0. The first-order chi connectivity index (χ1) is 14.0. The van der Waals surface area contributed by atoms with Crippen molar-refractivity contribution >= 4 is 21.9 Å². The summed E-state index contributed by atoms with van der Waals surface area (Å²) >= 11 is 3.40. The van der Waals surface area contributed by atoms with Crippen LogP contribution in [0.4, 0.5) is 0 Å². The van der Waals surface area contributed by atoms with E-state index in [1.165, 1.54) is 25.7 Å². The second-order valence-corrected chi connectivity index (χ2v) is 8.55. The highest BCUT2D eigenvalue weighted by molar-refractivity contribution is 9.11. The third-order valence-electron chi connectivity index (χ3n) is 4.78. The first-order valence-corrected chi connectivity index (χ1v) is 12.5. The van der Waals surface area contributed by atoms with Gasteiger partial charge in [0.1, 0.15) is 6.10 Å². The van der Waals surface area contributed by atoms with Gasteiger partial charge in [0.25, 0.3) is 0 Å². The van der Waals surface area contributed by atoms with Crippen LogP contribution in [0.2, 0.25) is 0 Å². The fourth-order valence-corrected chi connectivity index (χ4v) is 3.12. The number of unbranched alkanes of at least 4 members (excludes halogenated alkanes) is 5. The van der Waals surface area contributed by atoms with E-state index in [4.69, 9.17) is 11.2 Å². The third kappa shape index (κ3) is 17.6. The number of carbonyl (C=O) groups is 1. The molecule has 0 aliphatic heterocycles. The van der Waals surface area contributed by atoms with Crippen molar-refractivity contribution in [3.05, 3.63) is 22.2 Å². The second kappa shape index (κ2) is 21.7. The molecule has 0 aromatic carbocycles. The van der Waals surface area contributed by atoms with E-state index in [1.54, 1.807) is 0 Å². The first kappa shape index (κ1) is 30.2. The van der Waals surface area contributed by atoms with E-state index in [0.717, 1.165) is 48.6 Å². The molecule has 0 aromatic rings. The topological polar surface area (TPSA) is 26.3 Å². The Hall–Kier alpha value is -1.01. The SMILES string of the molecule is C#C/C(=C\C=C(/C)Br)CC(CC)OC(=O)C(CCCC)CCCCCCC.CC. The van der Waals surface area contributed by atoms with Gasteiger partial charge >= 0.3 is 5.97 Å². The molecule has 0 saturated carbocycles. The quantitative estimate of drug-likeness (QED) is 0.104. The van der Waals surface area contributed by atoms with Crippen LogP contribution in [0.15, 0.2) is 22.2 Å². The van der Waals surface area contributed by atoms with Crippen molar-refractivity contribution < 1.29 is 9.53 Å². The van der Waals surface area contributed by atoms with Crippen LogP contribution in [-0.4, -0.2) is 12.1 Å². The predicted molar refractivity (Wildman–Crippen MR) is 132 cm³/mol. The van der Waals surface area contributed by atoms with Crippen LogP contribution in [0.1, 0.15) is 112 Å². The molecule has 2 nitrogen and oxygen atoms in total. The molecule has 2 atom stereocenters. The summed E-state index contributed by atoms with van der Waals surface area (Å²) in [6.45, 7) is 12.4. The van der Waals surface area contributed by atoms with Gasteiger partial charge in [-0.2, -0.15) is 0 Å². The third-order valence-corrected chi connectivity index (χ3v) is 5.05. The number of ether oxygens (including phenoxy) is 1. The molecule has 0 aliphatic rings. The van der Waals surface area contributed by atoms with Gasteiger partial charge in [-0.05, 0) is 36.7 Å². The van der Waals surface area contributed by atoms with Crippen LogP contribution in [-0.2, 0) is 9.53 Å². The molecule has 3 heteroatoms. The number of esters is 1. The summed E-state index contributed by atoms with van der Waals surface area (Å²) in [6.07, 6.45) is 20.9. The van der Waals surface area contributed by atoms with E-state index < -0.39 is 0 Å². The van der Waals surface area contributed by atoms with Gasteiger partial charge in [0.15, 0.2) is 0 Å². The molecule has 0 spiro atoms. The van der Waals surface area contributed by atoms with E-state index in [0.29, 0.717) is 6.42 Å². The Kier molecular flexibility index (Phi) is 22.6. The van der Waals surface area contributed by atoms with Gasteiger partial charge in [-0.1, -0.05) is 107 Å². The fraction of sp³-hybridized carbons (Fsp3) is 0.731. The molecule has 0 N–H and O–H groups in total. The van der Waals surface area contributed by atoms with Gasteiger partial charge in [-0.3, -0.25) is 4.79 Å². The Bertz CT molecular complexity index is 495. The van der Waals surface area contributed by atoms with E-state index in [-0.39, 0.29) is 18.0 Å². The number of halogens is 1. The van der Waals surface area contributed by atoms with Crippen molar-refractivity contribution in [2.45, 2.75) is 118 Å². The lowest BCUT2D eigenvalue weighted by Crippen LogP contribution is -2.24. The van der Waals surface area contributed by atoms with Crippen LogP contribution in [0.25, 0.3) is 0 Å². The lowest BCUT2D eigenvalue weighted by molar-refractivity contribution is -0.154. The minimum absolute atomic E-state index is 0.0311. The largest absolute Gasteiger partial charge is 0.462 e. The highest BCUT2D eigenvalue weighted by atomic mass is 79.9. The van der Waals surface area contributed by atoms with E-state index in [1.807, 2.05) is 39.8 Å². The summed E-state index contributed by atoms with van der Waals surface area (Å²) in [7, 11) is 0. The Morgan fingerprint density at radius 3 is 2.10 bits per heavy atom. The fourth-order valence-electron chi connectivity index (χ4n) is 2.99. The summed E-state index contributed by atoms with van der Waals surface area (Å²) in [4.78, 5) is 12.8. The summed E-state index contributed by atoms with van der Waals surface area (Å²) in [5.41, 5.74) is 0.859. The molecule has 168 valence electrons. The van der Waals surface area contributed by atoms with E-state index in [9.17, 15) is 4.79 Å². The van der Waals surface area contributed by atoms with Crippen molar-refractivity contribution in [3.63, 3.8) is 0 Å². The van der Waals surface area contributed by atoms with E-state index >= 15 is 0 Å². The maximum absolute atomic E-state index is 12.8. The molecular weight excluding hydrogens is 424 g/mol. The van der Waals surface area contributed by atoms with Gasteiger partial charge in [0, 0.05) is 12.0 Å². The van der Waals surface area contributed by atoms with Gasteiger partial charge in [0.2, 0.25) is 0 Å². The molecule has 0 saturated heterocycles. The van der Waals surface area contributed by atoms with E-state index in [2.05, 4.69) is 35.7 Å².